The van der Waals surface area contributed by atoms with Crippen LogP contribution in [0, 0.1) is 0 Å². The minimum Gasteiger partial charge on any atom is -0.413 e. The summed E-state index contributed by atoms with van der Waals surface area (Å²) in [6, 6.07) is 9.11. The van der Waals surface area contributed by atoms with Crippen LogP contribution in [-0.2, 0) is 4.43 Å². The lowest BCUT2D eigenvalue weighted by Crippen LogP contribution is -2.72. The molecule has 1 aliphatic rings. The van der Waals surface area contributed by atoms with Crippen molar-refractivity contribution < 1.29 is 4.43 Å². The molecular formula is C17H30OSi2. The van der Waals surface area contributed by atoms with E-state index in [4.69, 9.17) is 4.43 Å². The van der Waals surface area contributed by atoms with Crippen molar-refractivity contribution in [3.8, 4) is 0 Å². The van der Waals surface area contributed by atoms with Gasteiger partial charge in [0.05, 0.1) is 0 Å². The van der Waals surface area contributed by atoms with Crippen LogP contribution in [-0.4, -0.2) is 22.1 Å². The van der Waals surface area contributed by atoms with E-state index in [1.165, 1.54) is 32.1 Å². The second-order valence-electron chi connectivity index (χ2n) is 7.23. The Morgan fingerprint density at radius 2 is 1.60 bits per heavy atom. The van der Waals surface area contributed by atoms with Gasteiger partial charge in [0.1, 0.15) is 8.07 Å². The van der Waals surface area contributed by atoms with Crippen LogP contribution in [0.4, 0.5) is 0 Å². The smallest absolute Gasteiger partial charge is 0.217 e. The van der Waals surface area contributed by atoms with Gasteiger partial charge in [0, 0.05) is 5.73 Å². The number of rotatable bonds is 5. The van der Waals surface area contributed by atoms with E-state index in [1.54, 1.807) is 10.4 Å². The molecule has 0 bridgehead atoms. The fraction of sp³-hybridized carbons (Fsp3) is 0.647. The molecule has 0 radical (unpaired) electrons. The highest BCUT2D eigenvalue weighted by molar-refractivity contribution is 7.00. The molecule has 0 aromatic heterocycles. The average Bonchev–Trinajstić information content (AvgIpc) is 2.41. The summed E-state index contributed by atoms with van der Waals surface area (Å²) in [5.41, 5.74) is 0.524. The number of fused-ring (bicyclic) bond motifs is 1. The van der Waals surface area contributed by atoms with Gasteiger partial charge in [0.15, 0.2) is 0 Å². The molecule has 1 aromatic rings. The van der Waals surface area contributed by atoms with Gasteiger partial charge < -0.3 is 4.43 Å². The van der Waals surface area contributed by atoms with E-state index < -0.39 is 16.4 Å². The first-order valence-electron chi connectivity index (χ1n) is 8.17. The minimum absolute atomic E-state index is 0.524. The van der Waals surface area contributed by atoms with E-state index in [0.717, 1.165) is 0 Å². The van der Waals surface area contributed by atoms with Crippen LogP contribution in [0.3, 0.4) is 0 Å². The molecule has 112 valence electrons. The fourth-order valence-electron chi connectivity index (χ4n) is 3.49. The van der Waals surface area contributed by atoms with Crippen LogP contribution in [0.15, 0.2) is 24.3 Å². The Hall–Kier alpha value is -0.386. The lowest BCUT2D eigenvalue weighted by Gasteiger charge is -2.46. The summed E-state index contributed by atoms with van der Waals surface area (Å²) in [5, 5.41) is 3.23. The quantitative estimate of drug-likeness (QED) is 0.592. The van der Waals surface area contributed by atoms with Crippen molar-refractivity contribution in [2.75, 3.05) is 0 Å². The molecule has 1 unspecified atom stereocenters. The summed E-state index contributed by atoms with van der Waals surface area (Å²) in [4.78, 5) is 0. The largest absolute Gasteiger partial charge is 0.413 e. The SMILES string of the molecule is CCCCCCC1O[Si](C)(C)c2ccccc2[Si]1(C)C. The zero-order valence-electron chi connectivity index (χ0n) is 13.8. The van der Waals surface area contributed by atoms with Crippen molar-refractivity contribution in [2.24, 2.45) is 0 Å². The van der Waals surface area contributed by atoms with Crippen molar-refractivity contribution in [1.82, 2.24) is 0 Å². The Bertz CT molecular complexity index is 454. The molecule has 1 heterocycles. The van der Waals surface area contributed by atoms with E-state index >= 15 is 0 Å². The Balaban J connectivity index is 2.21. The molecule has 20 heavy (non-hydrogen) atoms. The molecule has 2 rings (SSSR count). The summed E-state index contributed by atoms with van der Waals surface area (Å²) in [6.45, 7) is 12.0. The maximum Gasteiger partial charge on any atom is 0.217 e. The molecule has 3 heteroatoms. The van der Waals surface area contributed by atoms with Gasteiger partial charge in [0.25, 0.3) is 0 Å². The topological polar surface area (TPSA) is 9.23 Å². The molecule has 0 spiro atoms. The molecule has 0 fully saturated rings. The highest BCUT2D eigenvalue weighted by Crippen LogP contribution is 2.26. The van der Waals surface area contributed by atoms with Crippen LogP contribution in [0.1, 0.15) is 39.0 Å². The molecule has 0 saturated heterocycles. The third kappa shape index (κ3) is 3.10. The highest BCUT2D eigenvalue weighted by atomic mass is 28.4. The summed E-state index contributed by atoms with van der Waals surface area (Å²) >= 11 is 0. The molecule has 0 aliphatic carbocycles. The highest BCUT2D eigenvalue weighted by Gasteiger charge is 2.46. The Morgan fingerprint density at radius 1 is 0.950 bits per heavy atom. The number of hydrogen-bond acceptors (Lipinski definition) is 1. The monoisotopic (exact) mass is 306 g/mol. The van der Waals surface area contributed by atoms with Crippen LogP contribution >= 0.6 is 0 Å². The zero-order chi connectivity index (χ0) is 14.8. The van der Waals surface area contributed by atoms with Crippen molar-refractivity contribution in [3.63, 3.8) is 0 Å². The van der Waals surface area contributed by atoms with Crippen LogP contribution in [0.5, 0.6) is 0 Å². The molecule has 0 amide bonds. The maximum atomic E-state index is 6.70. The second-order valence-corrected chi connectivity index (χ2v) is 15.7. The van der Waals surface area contributed by atoms with Crippen molar-refractivity contribution in [1.29, 1.82) is 0 Å². The molecule has 1 aromatic carbocycles. The Morgan fingerprint density at radius 3 is 2.25 bits per heavy atom. The van der Waals surface area contributed by atoms with Gasteiger partial charge in [-0.2, -0.15) is 0 Å². The Labute approximate surface area is 126 Å². The molecule has 1 atom stereocenters. The normalized spacial score (nSPS) is 23.4. The van der Waals surface area contributed by atoms with Gasteiger partial charge in [-0.05, 0) is 24.7 Å². The summed E-state index contributed by atoms with van der Waals surface area (Å²) in [6.07, 6.45) is 6.65. The second kappa shape index (κ2) is 6.16. The summed E-state index contributed by atoms with van der Waals surface area (Å²) in [5.74, 6) is 0. The first-order valence-corrected chi connectivity index (χ1v) is 14.2. The lowest BCUT2D eigenvalue weighted by atomic mass is 10.2. The van der Waals surface area contributed by atoms with Gasteiger partial charge >= 0.3 is 0 Å². The van der Waals surface area contributed by atoms with E-state index in [9.17, 15) is 0 Å². The lowest BCUT2D eigenvalue weighted by molar-refractivity contribution is 0.248. The van der Waals surface area contributed by atoms with Crippen LogP contribution in [0.25, 0.3) is 0 Å². The van der Waals surface area contributed by atoms with Crippen LogP contribution in [0.2, 0.25) is 26.2 Å². The predicted octanol–water partition coefficient (Wildman–Crippen LogP) is 3.92. The van der Waals surface area contributed by atoms with E-state index in [1.807, 2.05) is 0 Å². The standard InChI is InChI=1S/C17H30OSi2/c1-6-7-8-9-14-17-18-20(4,5)16-13-11-10-12-15(16)19(17,2)3/h10-13,17H,6-9,14H2,1-5H3. The Kier molecular flexibility index (Phi) is 4.93. The summed E-state index contributed by atoms with van der Waals surface area (Å²) < 4.78 is 6.70. The first kappa shape index (κ1) is 16.0. The predicted molar refractivity (Wildman–Crippen MR) is 94.3 cm³/mol. The summed E-state index contributed by atoms with van der Waals surface area (Å²) in [7, 11) is -3.17. The van der Waals surface area contributed by atoms with Crippen molar-refractivity contribution in [2.45, 2.75) is 70.9 Å². The third-order valence-corrected chi connectivity index (χ3v) is 11.8. The molecule has 0 N–H and O–H groups in total. The van der Waals surface area contributed by atoms with Gasteiger partial charge in [0.2, 0.25) is 8.32 Å². The molecule has 1 aliphatic heterocycles. The molecular weight excluding hydrogens is 276 g/mol. The van der Waals surface area contributed by atoms with E-state index in [-0.39, 0.29) is 0 Å². The molecule has 1 nitrogen and oxygen atoms in total. The number of unbranched alkanes of at least 4 members (excludes halogenated alkanes) is 3. The van der Waals surface area contributed by atoms with E-state index in [2.05, 4.69) is 57.4 Å². The number of benzene rings is 1. The average molecular weight is 307 g/mol. The molecule has 0 saturated carbocycles. The van der Waals surface area contributed by atoms with Gasteiger partial charge in [-0.15, -0.1) is 0 Å². The minimum atomic E-state index is -1.70. The van der Waals surface area contributed by atoms with Gasteiger partial charge in [-0.1, -0.05) is 75.2 Å². The van der Waals surface area contributed by atoms with Crippen molar-refractivity contribution >= 4 is 26.8 Å². The van der Waals surface area contributed by atoms with Crippen molar-refractivity contribution in [3.05, 3.63) is 24.3 Å². The first-order chi connectivity index (χ1) is 9.39. The number of hydrogen-bond donors (Lipinski definition) is 0. The van der Waals surface area contributed by atoms with Crippen LogP contribution < -0.4 is 10.4 Å². The van der Waals surface area contributed by atoms with Gasteiger partial charge in [-0.3, -0.25) is 0 Å². The van der Waals surface area contributed by atoms with Gasteiger partial charge in [-0.25, -0.2) is 0 Å². The third-order valence-electron chi connectivity index (χ3n) is 4.83. The fourth-order valence-corrected chi connectivity index (χ4v) is 12.2. The zero-order valence-corrected chi connectivity index (χ0v) is 15.8. The van der Waals surface area contributed by atoms with E-state index in [0.29, 0.717) is 5.73 Å². The maximum absolute atomic E-state index is 6.70.